The van der Waals surface area contributed by atoms with Gasteiger partial charge in [0.25, 0.3) is 0 Å². The van der Waals surface area contributed by atoms with Crippen molar-refractivity contribution in [2.24, 2.45) is 0 Å². The number of aldehydes is 1. The zero-order valence-electron chi connectivity index (χ0n) is 15.4. The Labute approximate surface area is 156 Å². The Kier molecular flexibility index (Phi) is 7.49. The topological polar surface area (TPSA) is 63.1 Å². The van der Waals surface area contributed by atoms with E-state index in [2.05, 4.69) is 40.1 Å². The molecule has 0 spiro atoms. The Balaban J connectivity index is 0.000000380. The standard InChI is InChI=1S/C16H23N5.C2HF3O/c1-20(2)10-11-21-12-15(13-5-8-17-9-6-13)19-16(21)14-4-3-7-18-14;3-2(4,5)1-6/h5-6,8-9,12,14,18H,3-4,7,10-11H2,1-2H3;1H/t14-;/m0./s1. The molecule has 2 aromatic heterocycles. The van der Waals surface area contributed by atoms with Crippen LogP contribution in [0.15, 0.2) is 30.7 Å². The summed E-state index contributed by atoms with van der Waals surface area (Å²) in [5, 5.41) is 3.56. The second-order valence-electron chi connectivity index (χ2n) is 6.53. The summed E-state index contributed by atoms with van der Waals surface area (Å²) in [7, 11) is 4.21. The van der Waals surface area contributed by atoms with Crippen LogP contribution in [-0.2, 0) is 11.3 Å². The van der Waals surface area contributed by atoms with E-state index in [0.29, 0.717) is 6.04 Å². The van der Waals surface area contributed by atoms with Crippen LogP contribution in [0.25, 0.3) is 11.3 Å². The lowest BCUT2D eigenvalue weighted by atomic mass is 10.2. The molecule has 9 heteroatoms. The highest BCUT2D eigenvalue weighted by atomic mass is 19.4. The normalized spacial score (nSPS) is 16.9. The van der Waals surface area contributed by atoms with E-state index in [1.807, 2.05) is 24.5 Å². The predicted molar refractivity (Wildman–Crippen MR) is 96.1 cm³/mol. The number of carbonyl (C=O) groups is 1. The number of nitrogens with one attached hydrogen (secondary N) is 1. The molecule has 1 fully saturated rings. The number of halogens is 3. The van der Waals surface area contributed by atoms with Crippen LogP contribution in [0.5, 0.6) is 0 Å². The molecule has 3 rings (SSSR count). The summed E-state index contributed by atoms with van der Waals surface area (Å²) in [6.45, 7) is 3.08. The second kappa shape index (κ2) is 9.61. The number of rotatable bonds is 5. The minimum absolute atomic E-state index is 0.391. The number of aromatic nitrogens is 3. The van der Waals surface area contributed by atoms with E-state index in [1.54, 1.807) is 0 Å². The van der Waals surface area contributed by atoms with Gasteiger partial charge in [0.05, 0.1) is 11.7 Å². The highest BCUT2D eigenvalue weighted by molar-refractivity contribution is 5.57. The second-order valence-corrected chi connectivity index (χ2v) is 6.53. The van der Waals surface area contributed by atoms with E-state index in [1.165, 1.54) is 18.7 Å². The van der Waals surface area contributed by atoms with Crippen LogP contribution in [-0.4, -0.2) is 59.1 Å². The zero-order chi connectivity index (χ0) is 19.9. The van der Waals surface area contributed by atoms with Gasteiger partial charge in [0.2, 0.25) is 6.29 Å². The van der Waals surface area contributed by atoms with Gasteiger partial charge in [0.1, 0.15) is 5.82 Å². The number of carbonyl (C=O) groups excluding carboxylic acids is 1. The van der Waals surface area contributed by atoms with Crippen molar-refractivity contribution >= 4 is 6.29 Å². The van der Waals surface area contributed by atoms with Crippen molar-refractivity contribution in [1.29, 1.82) is 0 Å². The molecule has 0 unspecified atom stereocenters. The van der Waals surface area contributed by atoms with Gasteiger partial charge >= 0.3 is 6.18 Å². The van der Waals surface area contributed by atoms with Crippen LogP contribution in [0.4, 0.5) is 13.2 Å². The van der Waals surface area contributed by atoms with E-state index in [-0.39, 0.29) is 0 Å². The number of likely N-dealkylation sites (N-methyl/N-ethyl adjacent to an activating group) is 1. The van der Waals surface area contributed by atoms with Crippen molar-refractivity contribution < 1.29 is 18.0 Å². The van der Waals surface area contributed by atoms with Crippen LogP contribution in [0.3, 0.4) is 0 Å². The first-order valence-corrected chi connectivity index (χ1v) is 8.69. The maximum absolute atomic E-state index is 10.4. The lowest BCUT2D eigenvalue weighted by Crippen LogP contribution is -2.22. The minimum Gasteiger partial charge on any atom is -0.332 e. The van der Waals surface area contributed by atoms with Gasteiger partial charge in [-0.25, -0.2) is 4.98 Å². The van der Waals surface area contributed by atoms with Gasteiger partial charge in [0, 0.05) is 37.2 Å². The molecule has 0 amide bonds. The van der Waals surface area contributed by atoms with Gasteiger partial charge in [-0.3, -0.25) is 9.78 Å². The van der Waals surface area contributed by atoms with Gasteiger partial charge in [-0.2, -0.15) is 13.2 Å². The monoisotopic (exact) mass is 383 g/mol. The summed E-state index contributed by atoms with van der Waals surface area (Å²) in [6.07, 6.45) is 2.52. The molecule has 1 saturated heterocycles. The van der Waals surface area contributed by atoms with Crippen molar-refractivity contribution in [2.75, 3.05) is 27.2 Å². The van der Waals surface area contributed by atoms with E-state index >= 15 is 0 Å². The van der Waals surface area contributed by atoms with Crippen LogP contribution in [0.1, 0.15) is 24.7 Å². The molecule has 0 radical (unpaired) electrons. The summed E-state index contributed by atoms with van der Waals surface area (Å²) in [4.78, 5) is 19.9. The Morgan fingerprint density at radius 2 is 2.00 bits per heavy atom. The molecule has 0 bridgehead atoms. The fourth-order valence-corrected chi connectivity index (χ4v) is 2.76. The van der Waals surface area contributed by atoms with Crippen molar-refractivity contribution in [3.8, 4) is 11.3 Å². The molecular formula is C18H24F3N5O. The molecule has 27 heavy (non-hydrogen) atoms. The smallest absolute Gasteiger partial charge is 0.332 e. The quantitative estimate of drug-likeness (QED) is 0.805. The van der Waals surface area contributed by atoms with Crippen molar-refractivity contribution in [1.82, 2.24) is 24.8 Å². The van der Waals surface area contributed by atoms with Crippen LogP contribution < -0.4 is 5.32 Å². The fraction of sp³-hybridized carbons (Fsp3) is 0.500. The first-order chi connectivity index (χ1) is 12.8. The number of hydrogen-bond acceptors (Lipinski definition) is 5. The number of imidazole rings is 1. The van der Waals surface area contributed by atoms with Gasteiger partial charge in [-0.05, 0) is 45.6 Å². The van der Waals surface area contributed by atoms with Gasteiger partial charge < -0.3 is 14.8 Å². The molecule has 0 aliphatic carbocycles. The Bertz CT molecular complexity index is 710. The SMILES string of the molecule is CN(C)CCn1cc(-c2ccncc2)nc1[C@@H]1CCCN1.O=CC(F)(F)F. The first-order valence-electron chi connectivity index (χ1n) is 8.69. The highest BCUT2D eigenvalue weighted by Crippen LogP contribution is 2.26. The Morgan fingerprint density at radius 1 is 1.33 bits per heavy atom. The van der Waals surface area contributed by atoms with Gasteiger partial charge in [-0.1, -0.05) is 0 Å². The van der Waals surface area contributed by atoms with Gasteiger partial charge in [0.15, 0.2) is 0 Å². The largest absolute Gasteiger partial charge is 0.446 e. The van der Waals surface area contributed by atoms with Crippen molar-refractivity contribution in [2.45, 2.75) is 31.6 Å². The first kappa shape index (κ1) is 21.0. The number of hydrogen-bond donors (Lipinski definition) is 1. The van der Waals surface area contributed by atoms with Crippen LogP contribution in [0, 0.1) is 0 Å². The zero-order valence-corrected chi connectivity index (χ0v) is 15.4. The molecule has 1 aliphatic rings. The maximum Gasteiger partial charge on any atom is 0.446 e. The molecule has 6 nitrogen and oxygen atoms in total. The summed E-state index contributed by atoms with van der Waals surface area (Å²) in [5.74, 6) is 1.17. The van der Waals surface area contributed by atoms with Crippen LogP contribution in [0.2, 0.25) is 0 Å². The third-order valence-electron chi connectivity index (χ3n) is 4.08. The lowest BCUT2D eigenvalue weighted by Gasteiger charge is -2.15. The van der Waals surface area contributed by atoms with E-state index in [0.717, 1.165) is 30.9 Å². The molecule has 0 aromatic carbocycles. The summed E-state index contributed by atoms with van der Waals surface area (Å²) in [5.41, 5.74) is 2.17. The molecule has 3 heterocycles. The average molecular weight is 383 g/mol. The molecule has 1 aliphatic heterocycles. The van der Waals surface area contributed by atoms with Crippen molar-refractivity contribution in [3.63, 3.8) is 0 Å². The van der Waals surface area contributed by atoms with E-state index in [4.69, 9.17) is 9.78 Å². The summed E-state index contributed by atoms with van der Waals surface area (Å²) in [6, 6.07) is 4.43. The van der Waals surface area contributed by atoms with E-state index < -0.39 is 12.5 Å². The molecule has 1 N–H and O–H groups in total. The molecule has 2 aromatic rings. The summed E-state index contributed by atoms with van der Waals surface area (Å²) < 4.78 is 33.6. The molecule has 0 saturated carbocycles. The third-order valence-corrected chi connectivity index (χ3v) is 4.08. The predicted octanol–water partition coefficient (Wildman–Crippen LogP) is 2.68. The average Bonchev–Trinajstić information content (AvgIpc) is 3.30. The van der Waals surface area contributed by atoms with Gasteiger partial charge in [-0.15, -0.1) is 0 Å². The third kappa shape index (κ3) is 6.76. The minimum atomic E-state index is -4.64. The molecule has 1 atom stereocenters. The highest BCUT2D eigenvalue weighted by Gasteiger charge is 2.25. The Hall–Kier alpha value is -2.26. The Morgan fingerprint density at radius 3 is 2.52 bits per heavy atom. The van der Waals surface area contributed by atoms with Crippen molar-refractivity contribution in [3.05, 3.63) is 36.5 Å². The number of nitrogens with zero attached hydrogens (tertiary/aromatic N) is 4. The number of pyridine rings is 1. The lowest BCUT2D eigenvalue weighted by molar-refractivity contribution is -0.156. The van der Waals surface area contributed by atoms with Crippen LogP contribution >= 0.6 is 0 Å². The summed E-state index contributed by atoms with van der Waals surface area (Å²) >= 11 is 0. The molecule has 148 valence electrons. The number of alkyl halides is 3. The van der Waals surface area contributed by atoms with E-state index in [9.17, 15) is 13.2 Å². The molecular weight excluding hydrogens is 359 g/mol. The fourth-order valence-electron chi connectivity index (χ4n) is 2.76. The maximum atomic E-state index is 10.4.